The summed E-state index contributed by atoms with van der Waals surface area (Å²) in [7, 11) is 0. The number of halogens is 3. The number of anilines is 1. The largest absolute Gasteiger partial charge is 0.416 e. The molecule has 0 atom stereocenters. The van der Waals surface area contributed by atoms with E-state index in [1.54, 1.807) is 12.3 Å². The monoisotopic (exact) mass is 361 g/mol. The van der Waals surface area contributed by atoms with Gasteiger partial charge in [0.15, 0.2) is 5.65 Å². The van der Waals surface area contributed by atoms with Crippen LogP contribution in [-0.2, 0) is 12.6 Å². The van der Waals surface area contributed by atoms with Gasteiger partial charge in [0.05, 0.1) is 17.1 Å². The molecule has 1 saturated carbocycles. The number of nitrogens with one attached hydrogen (secondary N) is 2. The van der Waals surface area contributed by atoms with Crippen LogP contribution in [0.5, 0.6) is 0 Å². The van der Waals surface area contributed by atoms with Gasteiger partial charge in [0.2, 0.25) is 0 Å². The Hall–Kier alpha value is -2.64. The van der Waals surface area contributed by atoms with E-state index in [9.17, 15) is 13.2 Å². The Morgan fingerprint density at radius 3 is 2.73 bits per heavy atom. The Morgan fingerprint density at radius 2 is 1.96 bits per heavy atom. The number of alkyl halides is 3. The lowest BCUT2D eigenvalue weighted by atomic mass is 9.88. The van der Waals surface area contributed by atoms with Crippen LogP contribution < -0.4 is 5.32 Å². The highest BCUT2D eigenvalue weighted by molar-refractivity contribution is 5.85. The van der Waals surface area contributed by atoms with Crippen molar-refractivity contribution in [2.45, 2.75) is 43.8 Å². The quantitative estimate of drug-likeness (QED) is 0.725. The lowest BCUT2D eigenvalue weighted by Gasteiger charge is -2.31. The Bertz CT molecular complexity index is 912. The zero-order valence-corrected chi connectivity index (χ0v) is 14.0. The lowest BCUT2D eigenvalue weighted by molar-refractivity contribution is -0.137. The molecular formula is C18H18F3N5. The van der Waals surface area contributed by atoms with Gasteiger partial charge in [-0.1, -0.05) is 31.0 Å². The third-order valence-electron chi connectivity index (χ3n) is 4.99. The minimum absolute atomic E-state index is 0.317. The van der Waals surface area contributed by atoms with Crippen molar-refractivity contribution in [3.05, 3.63) is 47.9 Å². The lowest BCUT2D eigenvalue weighted by Crippen LogP contribution is -2.38. The summed E-state index contributed by atoms with van der Waals surface area (Å²) in [6.45, 7) is 0. The van der Waals surface area contributed by atoms with Crippen LogP contribution >= 0.6 is 0 Å². The minimum Gasteiger partial charge on any atom is -0.364 e. The molecule has 26 heavy (non-hydrogen) atoms. The zero-order valence-electron chi connectivity index (χ0n) is 14.0. The fourth-order valence-electron chi connectivity index (χ4n) is 3.76. The standard InChI is InChI=1S/C18H18F3N5/c19-18(20,21)13-5-3-4-12(8-13)9-17(6-1-2-7-17)25-15-14-10-24-26-16(14)23-11-22-15/h3-5,8,10-11H,1-2,6-7,9H2,(H2,22,23,24,25,26). The van der Waals surface area contributed by atoms with Crippen molar-refractivity contribution in [2.24, 2.45) is 0 Å². The third-order valence-corrected chi connectivity index (χ3v) is 4.99. The van der Waals surface area contributed by atoms with Gasteiger partial charge in [0.1, 0.15) is 12.1 Å². The first-order chi connectivity index (χ1) is 12.5. The second-order valence-corrected chi connectivity index (χ2v) is 6.84. The van der Waals surface area contributed by atoms with Gasteiger partial charge in [0.25, 0.3) is 0 Å². The molecular weight excluding hydrogens is 343 g/mol. The number of rotatable bonds is 4. The molecule has 5 nitrogen and oxygen atoms in total. The molecule has 0 saturated heterocycles. The van der Waals surface area contributed by atoms with Crippen LogP contribution in [0, 0.1) is 0 Å². The summed E-state index contributed by atoms with van der Waals surface area (Å²) in [4.78, 5) is 8.45. The van der Waals surface area contributed by atoms with Crippen molar-refractivity contribution in [3.8, 4) is 0 Å². The molecule has 8 heteroatoms. The maximum absolute atomic E-state index is 13.0. The molecule has 0 bridgehead atoms. The van der Waals surface area contributed by atoms with Crippen molar-refractivity contribution in [1.29, 1.82) is 0 Å². The second kappa shape index (κ2) is 6.26. The van der Waals surface area contributed by atoms with Gasteiger partial charge in [-0.3, -0.25) is 5.10 Å². The Morgan fingerprint density at radius 1 is 1.15 bits per heavy atom. The van der Waals surface area contributed by atoms with E-state index < -0.39 is 11.7 Å². The average molecular weight is 361 g/mol. The highest BCUT2D eigenvalue weighted by Crippen LogP contribution is 2.38. The molecule has 0 radical (unpaired) electrons. The van der Waals surface area contributed by atoms with Crippen molar-refractivity contribution < 1.29 is 13.2 Å². The van der Waals surface area contributed by atoms with Gasteiger partial charge in [0, 0.05) is 5.54 Å². The highest BCUT2D eigenvalue weighted by Gasteiger charge is 2.36. The van der Waals surface area contributed by atoms with Gasteiger partial charge in [-0.05, 0) is 30.9 Å². The van der Waals surface area contributed by atoms with Crippen LogP contribution in [0.3, 0.4) is 0 Å². The molecule has 1 aliphatic carbocycles. The summed E-state index contributed by atoms with van der Waals surface area (Å²) < 4.78 is 39.1. The molecule has 0 spiro atoms. The Kier molecular flexibility index (Phi) is 4.05. The summed E-state index contributed by atoms with van der Waals surface area (Å²) in [5.41, 5.74) is 0.381. The molecule has 1 aliphatic rings. The van der Waals surface area contributed by atoms with Crippen molar-refractivity contribution >= 4 is 16.9 Å². The molecule has 136 valence electrons. The Balaban J connectivity index is 1.64. The number of fused-ring (bicyclic) bond motifs is 1. The van der Waals surface area contributed by atoms with Crippen LogP contribution in [0.2, 0.25) is 0 Å². The van der Waals surface area contributed by atoms with Gasteiger partial charge in [-0.2, -0.15) is 18.3 Å². The van der Waals surface area contributed by atoms with Crippen LogP contribution in [0.25, 0.3) is 11.0 Å². The number of H-pyrrole nitrogens is 1. The van der Waals surface area contributed by atoms with E-state index in [1.807, 2.05) is 0 Å². The summed E-state index contributed by atoms with van der Waals surface area (Å²) in [6, 6.07) is 5.58. The molecule has 2 aromatic heterocycles. The summed E-state index contributed by atoms with van der Waals surface area (Å²) >= 11 is 0. The SMILES string of the molecule is FC(F)(F)c1cccc(CC2(Nc3ncnc4[nH]ncc34)CCCC2)c1. The number of aromatic nitrogens is 4. The van der Waals surface area contributed by atoms with E-state index >= 15 is 0 Å². The number of hydrogen-bond acceptors (Lipinski definition) is 4. The molecule has 1 fully saturated rings. The molecule has 1 aromatic carbocycles. The zero-order chi connectivity index (χ0) is 18.2. The summed E-state index contributed by atoms with van der Waals surface area (Å²) in [5.74, 6) is 0.664. The van der Waals surface area contributed by atoms with Crippen LogP contribution in [-0.4, -0.2) is 25.7 Å². The van der Waals surface area contributed by atoms with E-state index in [0.717, 1.165) is 37.1 Å². The predicted octanol–water partition coefficient (Wildman–Crippen LogP) is 4.34. The topological polar surface area (TPSA) is 66.5 Å². The number of benzene rings is 1. The minimum atomic E-state index is -4.33. The molecule has 0 unspecified atom stereocenters. The van der Waals surface area contributed by atoms with Gasteiger partial charge in [-0.15, -0.1) is 0 Å². The number of aromatic amines is 1. The van der Waals surface area contributed by atoms with E-state index in [0.29, 0.717) is 23.4 Å². The van der Waals surface area contributed by atoms with Gasteiger partial charge < -0.3 is 5.32 Å². The fraction of sp³-hybridized carbons (Fsp3) is 0.389. The van der Waals surface area contributed by atoms with E-state index in [1.165, 1.54) is 18.5 Å². The molecule has 2 heterocycles. The number of nitrogens with zero attached hydrogens (tertiary/aromatic N) is 3. The smallest absolute Gasteiger partial charge is 0.364 e. The van der Waals surface area contributed by atoms with Crippen molar-refractivity contribution in [1.82, 2.24) is 20.2 Å². The van der Waals surface area contributed by atoms with Crippen molar-refractivity contribution in [3.63, 3.8) is 0 Å². The second-order valence-electron chi connectivity index (χ2n) is 6.84. The van der Waals surface area contributed by atoms with E-state index in [-0.39, 0.29) is 5.54 Å². The highest BCUT2D eigenvalue weighted by atomic mass is 19.4. The molecule has 0 aliphatic heterocycles. The van der Waals surface area contributed by atoms with Gasteiger partial charge >= 0.3 is 6.18 Å². The maximum Gasteiger partial charge on any atom is 0.416 e. The summed E-state index contributed by atoms with van der Waals surface area (Å²) in [5, 5.41) is 11.1. The fourth-order valence-corrected chi connectivity index (χ4v) is 3.76. The number of hydrogen-bond donors (Lipinski definition) is 2. The first-order valence-corrected chi connectivity index (χ1v) is 8.54. The molecule has 0 amide bonds. The van der Waals surface area contributed by atoms with Crippen LogP contribution in [0.4, 0.5) is 19.0 Å². The third kappa shape index (κ3) is 3.23. The van der Waals surface area contributed by atoms with Gasteiger partial charge in [-0.25, -0.2) is 9.97 Å². The normalized spacial score (nSPS) is 16.9. The van der Waals surface area contributed by atoms with Crippen LogP contribution in [0.15, 0.2) is 36.8 Å². The van der Waals surface area contributed by atoms with E-state index in [2.05, 4.69) is 25.5 Å². The van der Waals surface area contributed by atoms with Crippen molar-refractivity contribution in [2.75, 3.05) is 5.32 Å². The molecule has 3 aromatic rings. The summed E-state index contributed by atoms with van der Waals surface area (Å²) in [6.07, 6.45) is 3.12. The molecule has 2 N–H and O–H groups in total. The first-order valence-electron chi connectivity index (χ1n) is 8.54. The first kappa shape index (κ1) is 16.8. The van der Waals surface area contributed by atoms with Crippen LogP contribution in [0.1, 0.15) is 36.8 Å². The predicted molar refractivity (Wildman–Crippen MR) is 91.7 cm³/mol. The maximum atomic E-state index is 13.0. The molecule has 4 rings (SSSR count). The average Bonchev–Trinajstić information content (AvgIpc) is 3.24. The Labute approximate surface area is 148 Å². The van der Waals surface area contributed by atoms with E-state index in [4.69, 9.17) is 0 Å².